The van der Waals surface area contributed by atoms with Gasteiger partial charge < -0.3 is 20.6 Å². The Bertz CT molecular complexity index is 478. The summed E-state index contributed by atoms with van der Waals surface area (Å²) in [5, 5.41) is 13.6. The topological polar surface area (TPSA) is 116 Å². The number of hydrogen-bond acceptors (Lipinski definition) is 4. The van der Waals surface area contributed by atoms with Gasteiger partial charge in [-0.3, -0.25) is 19.2 Å². The van der Waals surface area contributed by atoms with E-state index in [1.165, 1.54) is 11.8 Å². The van der Waals surface area contributed by atoms with Crippen LogP contribution in [-0.4, -0.2) is 58.9 Å². The molecule has 1 rings (SSSR count). The van der Waals surface area contributed by atoms with Crippen molar-refractivity contribution in [1.29, 1.82) is 0 Å². The number of rotatable bonds is 7. The van der Waals surface area contributed by atoms with Crippen molar-refractivity contribution in [2.75, 3.05) is 13.1 Å². The largest absolute Gasteiger partial charge is 0.480 e. The Hall–Kier alpha value is -2.12. The summed E-state index contributed by atoms with van der Waals surface area (Å²) < 4.78 is 0. The summed E-state index contributed by atoms with van der Waals surface area (Å²) in [7, 11) is 0. The predicted octanol–water partition coefficient (Wildman–Crippen LogP) is -0.271. The van der Waals surface area contributed by atoms with Gasteiger partial charge in [0.05, 0.1) is 0 Å². The van der Waals surface area contributed by atoms with Crippen molar-refractivity contribution in [1.82, 2.24) is 15.5 Å². The molecule has 0 aromatic heterocycles. The lowest BCUT2D eigenvalue weighted by Crippen LogP contribution is -2.53. The lowest BCUT2D eigenvalue weighted by Gasteiger charge is -2.26. The smallest absolute Gasteiger partial charge is 0.322 e. The van der Waals surface area contributed by atoms with E-state index in [4.69, 9.17) is 5.11 Å². The molecule has 0 aliphatic carbocycles. The first-order chi connectivity index (χ1) is 10.7. The standard InChI is InChI=1S/C15H25N3O5/c1-9(2)7-11(14(22)16-8-13(20)21)17-15(23)12-5-4-6-18(12)10(3)19/h9,11-12H,4-8H2,1-3H3,(H,16,22)(H,17,23)(H,20,21). The van der Waals surface area contributed by atoms with Crippen molar-refractivity contribution in [2.24, 2.45) is 5.92 Å². The number of nitrogens with zero attached hydrogens (tertiary/aromatic N) is 1. The Labute approximate surface area is 135 Å². The number of nitrogens with one attached hydrogen (secondary N) is 2. The fourth-order valence-electron chi connectivity index (χ4n) is 2.67. The molecule has 0 radical (unpaired) electrons. The fourth-order valence-corrected chi connectivity index (χ4v) is 2.67. The van der Waals surface area contributed by atoms with Gasteiger partial charge in [0.15, 0.2) is 0 Å². The first-order valence-electron chi connectivity index (χ1n) is 7.79. The van der Waals surface area contributed by atoms with Crippen LogP contribution < -0.4 is 10.6 Å². The van der Waals surface area contributed by atoms with Gasteiger partial charge in [-0.05, 0) is 25.2 Å². The van der Waals surface area contributed by atoms with Gasteiger partial charge in [-0.25, -0.2) is 0 Å². The van der Waals surface area contributed by atoms with Gasteiger partial charge in [-0.1, -0.05) is 13.8 Å². The minimum absolute atomic E-state index is 0.142. The van der Waals surface area contributed by atoms with E-state index < -0.39 is 30.5 Å². The van der Waals surface area contributed by atoms with E-state index in [-0.39, 0.29) is 17.7 Å². The third-order valence-corrected chi connectivity index (χ3v) is 3.71. The maximum absolute atomic E-state index is 12.4. The molecular weight excluding hydrogens is 302 g/mol. The van der Waals surface area contributed by atoms with Crippen LogP contribution in [0, 0.1) is 5.92 Å². The minimum Gasteiger partial charge on any atom is -0.480 e. The summed E-state index contributed by atoms with van der Waals surface area (Å²) >= 11 is 0. The highest BCUT2D eigenvalue weighted by Gasteiger charge is 2.34. The van der Waals surface area contributed by atoms with Crippen LogP contribution in [0.25, 0.3) is 0 Å². The van der Waals surface area contributed by atoms with Crippen molar-refractivity contribution < 1.29 is 24.3 Å². The number of carboxylic acid groups (broad SMARTS) is 1. The Kier molecular flexibility index (Phi) is 6.99. The number of carbonyl (C=O) groups excluding carboxylic acids is 3. The molecule has 1 fully saturated rings. The first-order valence-corrected chi connectivity index (χ1v) is 7.79. The highest BCUT2D eigenvalue weighted by molar-refractivity contribution is 5.92. The Morgan fingerprint density at radius 2 is 1.91 bits per heavy atom. The maximum atomic E-state index is 12.4. The summed E-state index contributed by atoms with van der Waals surface area (Å²) in [4.78, 5) is 48.1. The zero-order valence-corrected chi connectivity index (χ0v) is 13.8. The minimum atomic E-state index is -1.15. The number of amides is 3. The molecular formula is C15H25N3O5. The summed E-state index contributed by atoms with van der Waals surface area (Å²) in [5.41, 5.74) is 0. The first kappa shape index (κ1) is 18.9. The lowest BCUT2D eigenvalue weighted by molar-refractivity contribution is -0.140. The van der Waals surface area contributed by atoms with E-state index in [1.807, 2.05) is 13.8 Å². The Morgan fingerprint density at radius 1 is 1.26 bits per heavy atom. The second-order valence-electron chi connectivity index (χ2n) is 6.17. The monoisotopic (exact) mass is 327 g/mol. The Morgan fingerprint density at radius 3 is 2.43 bits per heavy atom. The number of carboxylic acids is 1. The zero-order chi connectivity index (χ0) is 17.6. The van der Waals surface area contributed by atoms with E-state index in [9.17, 15) is 19.2 Å². The third-order valence-electron chi connectivity index (χ3n) is 3.71. The summed E-state index contributed by atoms with van der Waals surface area (Å²) in [5.74, 6) is -2.07. The predicted molar refractivity (Wildman–Crippen MR) is 82.4 cm³/mol. The molecule has 0 spiro atoms. The molecule has 8 heteroatoms. The van der Waals surface area contributed by atoms with Crippen LogP contribution in [0.1, 0.15) is 40.0 Å². The van der Waals surface area contributed by atoms with Gasteiger partial charge in [0.25, 0.3) is 0 Å². The summed E-state index contributed by atoms with van der Waals surface area (Å²) in [6.45, 7) is 5.26. The van der Waals surface area contributed by atoms with Gasteiger partial charge >= 0.3 is 5.97 Å². The van der Waals surface area contributed by atoms with Gasteiger partial charge in [0, 0.05) is 13.5 Å². The van der Waals surface area contributed by atoms with E-state index in [2.05, 4.69) is 10.6 Å². The SMILES string of the molecule is CC(=O)N1CCCC1C(=O)NC(CC(C)C)C(=O)NCC(=O)O. The highest BCUT2D eigenvalue weighted by atomic mass is 16.4. The number of hydrogen-bond donors (Lipinski definition) is 3. The van der Waals surface area contributed by atoms with E-state index in [0.717, 1.165) is 6.42 Å². The number of likely N-dealkylation sites (tertiary alicyclic amines) is 1. The number of aliphatic carboxylic acids is 1. The van der Waals surface area contributed by atoms with Gasteiger partial charge in [-0.15, -0.1) is 0 Å². The molecule has 1 aliphatic heterocycles. The lowest BCUT2D eigenvalue weighted by atomic mass is 10.0. The second kappa shape index (κ2) is 8.50. The van der Waals surface area contributed by atoms with Gasteiger partial charge in [-0.2, -0.15) is 0 Å². The molecule has 2 atom stereocenters. The molecule has 3 amide bonds. The zero-order valence-electron chi connectivity index (χ0n) is 13.8. The molecule has 0 aromatic rings. The van der Waals surface area contributed by atoms with Crippen LogP contribution in [0.15, 0.2) is 0 Å². The highest BCUT2D eigenvalue weighted by Crippen LogP contribution is 2.18. The van der Waals surface area contributed by atoms with Crippen molar-refractivity contribution in [2.45, 2.75) is 52.1 Å². The van der Waals surface area contributed by atoms with Crippen molar-refractivity contribution in [3.63, 3.8) is 0 Å². The van der Waals surface area contributed by atoms with Crippen LogP contribution in [-0.2, 0) is 19.2 Å². The number of carbonyl (C=O) groups is 4. The molecule has 1 heterocycles. The van der Waals surface area contributed by atoms with Crippen molar-refractivity contribution >= 4 is 23.7 Å². The summed E-state index contributed by atoms with van der Waals surface area (Å²) in [6, 6.07) is -1.37. The van der Waals surface area contributed by atoms with E-state index >= 15 is 0 Å². The quantitative estimate of drug-likeness (QED) is 0.595. The van der Waals surface area contributed by atoms with E-state index in [0.29, 0.717) is 19.4 Å². The van der Waals surface area contributed by atoms with Crippen LogP contribution in [0.3, 0.4) is 0 Å². The molecule has 0 saturated carbocycles. The van der Waals surface area contributed by atoms with Crippen LogP contribution in [0.2, 0.25) is 0 Å². The van der Waals surface area contributed by atoms with Gasteiger partial charge in [0.1, 0.15) is 18.6 Å². The van der Waals surface area contributed by atoms with Crippen molar-refractivity contribution in [3.05, 3.63) is 0 Å². The fraction of sp³-hybridized carbons (Fsp3) is 0.733. The molecule has 130 valence electrons. The summed E-state index contributed by atoms with van der Waals surface area (Å²) in [6.07, 6.45) is 1.71. The molecule has 1 aliphatic rings. The van der Waals surface area contributed by atoms with Crippen molar-refractivity contribution in [3.8, 4) is 0 Å². The second-order valence-corrected chi connectivity index (χ2v) is 6.17. The molecule has 1 saturated heterocycles. The average molecular weight is 327 g/mol. The average Bonchev–Trinajstić information content (AvgIpc) is 2.93. The van der Waals surface area contributed by atoms with Crippen LogP contribution >= 0.6 is 0 Å². The molecule has 23 heavy (non-hydrogen) atoms. The molecule has 0 bridgehead atoms. The van der Waals surface area contributed by atoms with Crippen LogP contribution in [0.4, 0.5) is 0 Å². The third kappa shape index (κ3) is 5.88. The molecule has 8 nitrogen and oxygen atoms in total. The Balaban J connectivity index is 2.71. The molecule has 0 aromatic carbocycles. The van der Waals surface area contributed by atoms with Crippen LogP contribution in [0.5, 0.6) is 0 Å². The molecule has 2 unspecified atom stereocenters. The van der Waals surface area contributed by atoms with E-state index in [1.54, 1.807) is 0 Å². The van der Waals surface area contributed by atoms with Gasteiger partial charge in [0.2, 0.25) is 17.7 Å². The normalized spacial score (nSPS) is 18.6. The molecule has 3 N–H and O–H groups in total. The maximum Gasteiger partial charge on any atom is 0.322 e.